The summed E-state index contributed by atoms with van der Waals surface area (Å²) in [4.78, 5) is 26.6. The quantitative estimate of drug-likeness (QED) is 0.823. The molecule has 1 saturated heterocycles. The summed E-state index contributed by atoms with van der Waals surface area (Å²) in [5.41, 5.74) is -0.107. The van der Waals surface area contributed by atoms with Crippen molar-refractivity contribution in [3.8, 4) is 0 Å². The summed E-state index contributed by atoms with van der Waals surface area (Å²) >= 11 is 5.74. The summed E-state index contributed by atoms with van der Waals surface area (Å²) in [6.45, 7) is 7.98. The van der Waals surface area contributed by atoms with Crippen LogP contribution in [0.25, 0.3) is 0 Å². The monoisotopic (exact) mass is 395 g/mol. The van der Waals surface area contributed by atoms with Crippen molar-refractivity contribution in [3.63, 3.8) is 0 Å². The molecular formula is C20H27ClFN3O2. The van der Waals surface area contributed by atoms with Crippen LogP contribution in [0.15, 0.2) is 18.2 Å². The molecule has 3 rings (SSSR count). The van der Waals surface area contributed by atoms with E-state index in [0.717, 1.165) is 38.4 Å². The first-order valence-electron chi connectivity index (χ1n) is 9.37. The maximum absolute atomic E-state index is 13.9. The van der Waals surface area contributed by atoms with Gasteiger partial charge in [-0.15, -0.1) is 0 Å². The Bertz CT molecular complexity index is 739. The summed E-state index contributed by atoms with van der Waals surface area (Å²) in [5.74, 6) is -0.954. The van der Waals surface area contributed by atoms with Crippen molar-refractivity contribution in [1.29, 1.82) is 0 Å². The summed E-state index contributed by atoms with van der Waals surface area (Å²) in [6.07, 6.45) is 2.78. The molecule has 1 heterocycles. The lowest BCUT2D eigenvalue weighted by molar-refractivity contribution is -0.124. The van der Waals surface area contributed by atoms with Crippen molar-refractivity contribution in [1.82, 2.24) is 15.5 Å². The molecule has 0 bridgehead atoms. The number of benzene rings is 1. The lowest BCUT2D eigenvalue weighted by atomic mass is 9.92. The Labute approximate surface area is 164 Å². The topological polar surface area (TPSA) is 61.4 Å². The molecule has 148 valence electrons. The Balaban J connectivity index is 1.48. The fourth-order valence-corrected chi connectivity index (χ4v) is 3.99. The second-order valence-corrected chi connectivity index (χ2v) is 9.23. The van der Waals surface area contributed by atoms with E-state index in [2.05, 4.69) is 15.5 Å². The van der Waals surface area contributed by atoms with Crippen molar-refractivity contribution in [3.05, 3.63) is 34.6 Å². The van der Waals surface area contributed by atoms with E-state index in [4.69, 9.17) is 11.6 Å². The predicted octanol–water partition coefficient (Wildman–Crippen LogP) is 2.98. The third-order valence-electron chi connectivity index (χ3n) is 5.40. The summed E-state index contributed by atoms with van der Waals surface area (Å²) in [6, 6.07) is 4.16. The number of hydrogen-bond donors (Lipinski definition) is 2. The average molecular weight is 396 g/mol. The van der Waals surface area contributed by atoms with Crippen LogP contribution in [0.3, 0.4) is 0 Å². The standard InChI is InChI=1S/C20H27ClFN3O2/c1-19(2,3)24-17(26)12-25-8-6-20(7-9-25)11-16(20)23-18(27)14-5-4-13(21)10-15(14)22/h4-5,10,16H,6-9,11-12H2,1-3H3,(H,23,27)(H,24,26). The molecule has 1 unspecified atom stereocenters. The SMILES string of the molecule is CC(C)(C)NC(=O)CN1CCC2(CC1)CC2NC(=O)c1ccc(Cl)cc1F. The molecule has 5 nitrogen and oxygen atoms in total. The van der Waals surface area contributed by atoms with Gasteiger partial charge in [0.1, 0.15) is 5.82 Å². The molecule has 7 heteroatoms. The van der Waals surface area contributed by atoms with Gasteiger partial charge in [0, 0.05) is 16.6 Å². The van der Waals surface area contributed by atoms with Crippen LogP contribution >= 0.6 is 11.6 Å². The third kappa shape index (κ3) is 4.99. The van der Waals surface area contributed by atoms with E-state index >= 15 is 0 Å². The van der Waals surface area contributed by atoms with E-state index in [9.17, 15) is 14.0 Å². The highest BCUT2D eigenvalue weighted by Gasteiger charge is 2.55. The zero-order valence-corrected chi connectivity index (χ0v) is 16.8. The van der Waals surface area contributed by atoms with E-state index in [-0.39, 0.29) is 33.5 Å². The molecule has 2 amide bonds. The molecule has 2 N–H and O–H groups in total. The van der Waals surface area contributed by atoms with Gasteiger partial charge in [0.15, 0.2) is 0 Å². The van der Waals surface area contributed by atoms with Gasteiger partial charge in [-0.1, -0.05) is 11.6 Å². The Morgan fingerprint density at radius 1 is 1.30 bits per heavy atom. The van der Waals surface area contributed by atoms with Gasteiger partial charge >= 0.3 is 0 Å². The van der Waals surface area contributed by atoms with Gasteiger partial charge in [0.05, 0.1) is 12.1 Å². The zero-order chi connectivity index (χ0) is 19.8. The van der Waals surface area contributed by atoms with Crippen molar-refractivity contribution < 1.29 is 14.0 Å². The van der Waals surface area contributed by atoms with Crippen molar-refractivity contribution in [2.75, 3.05) is 19.6 Å². The molecule has 0 radical (unpaired) electrons. The minimum Gasteiger partial charge on any atom is -0.350 e. The third-order valence-corrected chi connectivity index (χ3v) is 5.64. The molecule has 1 atom stereocenters. The van der Waals surface area contributed by atoms with Gasteiger partial charge in [0.25, 0.3) is 5.91 Å². The molecule has 1 spiro atoms. The van der Waals surface area contributed by atoms with Crippen LogP contribution in [0.4, 0.5) is 4.39 Å². The highest BCUT2D eigenvalue weighted by molar-refractivity contribution is 6.30. The number of halogens is 2. The Morgan fingerprint density at radius 2 is 1.96 bits per heavy atom. The molecule has 1 aromatic rings. The summed E-state index contributed by atoms with van der Waals surface area (Å²) in [5, 5.41) is 6.21. The van der Waals surface area contributed by atoms with Gasteiger partial charge in [-0.25, -0.2) is 4.39 Å². The number of nitrogens with one attached hydrogen (secondary N) is 2. The van der Waals surface area contributed by atoms with Gasteiger partial charge in [-0.05, 0) is 76.7 Å². The maximum atomic E-state index is 13.9. The lowest BCUT2D eigenvalue weighted by Gasteiger charge is -2.33. The number of piperidine rings is 1. The molecule has 2 fully saturated rings. The molecule has 1 aliphatic heterocycles. The Hall–Kier alpha value is -1.66. The smallest absolute Gasteiger partial charge is 0.254 e. The lowest BCUT2D eigenvalue weighted by Crippen LogP contribution is -2.48. The molecule has 0 aromatic heterocycles. The van der Waals surface area contributed by atoms with E-state index in [0.29, 0.717) is 6.54 Å². The average Bonchev–Trinajstić information content (AvgIpc) is 3.19. The Kier molecular flexibility index (Phi) is 5.50. The van der Waals surface area contributed by atoms with Crippen LogP contribution in [0.1, 0.15) is 50.4 Å². The molecule has 1 aromatic carbocycles. The fourth-order valence-electron chi connectivity index (χ4n) is 3.83. The van der Waals surface area contributed by atoms with Crippen LogP contribution in [-0.4, -0.2) is 47.9 Å². The number of likely N-dealkylation sites (tertiary alicyclic amines) is 1. The second kappa shape index (κ2) is 7.40. The van der Waals surface area contributed by atoms with Crippen LogP contribution in [0.2, 0.25) is 5.02 Å². The van der Waals surface area contributed by atoms with Gasteiger partial charge in [0.2, 0.25) is 5.91 Å². The Morgan fingerprint density at radius 3 is 2.56 bits per heavy atom. The molecule has 27 heavy (non-hydrogen) atoms. The van der Waals surface area contributed by atoms with Crippen molar-refractivity contribution in [2.24, 2.45) is 5.41 Å². The number of carbonyl (C=O) groups is 2. The van der Waals surface area contributed by atoms with E-state index in [1.807, 2.05) is 20.8 Å². The van der Waals surface area contributed by atoms with Crippen LogP contribution in [0, 0.1) is 11.2 Å². The van der Waals surface area contributed by atoms with Gasteiger partial charge < -0.3 is 10.6 Å². The number of carbonyl (C=O) groups excluding carboxylic acids is 2. The minimum atomic E-state index is -0.602. The minimum absolute atomic E-state index is 0.0257. The van der Waals surface area contributed by atoms with E-state index in [1.54, 1.807) is 0 Å². The van der Waals surface area contributed by atoms with Gasteiger partial charge in [-0.2, -0.15) is 0 Å². The first kappa shape index (κ1) is 20.1. The highest BCUT2D eigenvalue weighted by atomic mass is 35.5. The second-order valence-electron chi connectivity index (χ2n) is 8.79. The van der Waals surface area contributed by atoms with E-state index in [1.165, 1.54) is 12.1 Å². The number of rotatable bonds is 4. The highest BCUT2D eigenvalue weighted by Crippen LogP contribution is 2.53. The van der Waals surface area contributed by atoms with Crippen LogP contribution < -0.4 is 10.6 Å². The maximum Gasteiger partial charge on any atom is 0.254 e. The molecular weight excluding hydrogens is 369 g/mol. The molecule has 1 aliphatic carbocycles. The molecule has 2 aliphatic rings. The summed E-state index contributed by atoms with van der Waals surface area (Å²) in [7, 11) is 0. The first-order chi connectivity index (χ1) is 12.6. The zero-order valence-electron chi connectivity index (χ0n) is 16.1. The number of amides is 2. The largest absolute Gasteiger partial charge is 0.350 e. The molecule has 1 saturated carbocycles. The van der Waals surface area contributed by atoms with Crippen molar-refractivity contribution in [2.45, 2.75) is 51.6 Å². The first-order valence-corrected chi connectivity index (χ1v) is 9.75. The normalized spacial score (nSPS) is 21.7. The number of hydrogen-bond acceptors (Lipinski definition) is 3. The fraction of sp³-hybridized carbons (Fsp3) is 0.600. The number of nitrogens with zero attached hydrogens (tertiary/aromatic N) is 1. The van der Waals surface area contributed by atoms with Crippen molar-refractivity contribution >= 4 is 23.4 Å². The van der Waals surface area contributed by atoms with Crippen LogP contribution in [0.5, 0.6) is 0 Å². The van der Waals surface area contributed by atoms with Crippen LogP contribution in [-0.2, 0) is 4.79 Å². The predicted molar refractivity (Wildman–Crippen MR) is 103 cm³/mol. The van der Waals surface area contributed by atoms with Gasteiger partial charge in [-0.3, -0.25) is 14.5 Å². The summed E-state index contributed by atoms with van der Waals surface area (Å²) < 4.78 is 13.9. The van der Waals surface area contributed by atoms with E-state index < -0.39 is 11.7 Å².